The molecule has 0 amide bonds. The van der Waals surface area contributed by atoms with Crippen LogP contribution in [-0.4, -0.2) is 70.0 Å². The Morgan fingerprint density at radius 3 is 2.00 bits per heavy atom. The highest BCUT2D eigenvalue weighted by Gasteiger charge is 2.45. The first-order valence-electron chi connectivity index (χ1n) is 19.1. The number of fused-ring (bicyclic) bond motifs is 1. The molecule has 8 atom stereocenters. The molecule has 51 heavy (non-hydrogen) atoms. The van der Waals surface area contributed by atoms with Crippen molar-refractivity contribution in [2.45, 2.75) is 133 Å². The quantitative estimate of drug-likeness (QED) is 0.145. The summed E-state index contributed by atoms with van der Waals surface area (Å²) in [6.07, 6.45) is 0.180. The van der Waals surface area contributed by atoms with Crippen LogP contribution < -0.4 is 0 Å². The lowest BCUT2D eigenvalue weighted by molar-refractivity contribution is -0.271. The number of hydrogen-bond acceptors (Lipinski definition) is 8. The van der Waals surface area contributed by atoms with Gasteiger partial charge in [-0.05, 0) is 48.5 Å². The van der Waals surface area contributed by atoms with Crippen molar-refractivity contribution in [1.29, 1.82) is 0 Å². The lowest BCUT2D eigenvalue weighted by atomic mass is 9.98. The van der Waals surface area contributed by atoms with Gasteiger partial charge < -0.3 is 32.8 Å². The molecule has 0 N–H and O–H groups in total. The van der Waals surface area contributed by atoms with E-state index in [1.807, 2.05) is 78.9 Å². The second kappa shape index (κ2) is 18.8. The molecule has 3 aromatic carbocycles. The van der Waals surface area contributed by atoms with Gasteiger partial charge in [0.2, 0.25) is 0 Å². The molecule has 8 nitrogen and oxygen atoms in total. The van der Waals surface area contributed by atoms with E-state index in [0.29, 0.717) is 45.7 Å². The molecule has 276 valence electrons. The number of Topliss-reactive ketones (excluding diaryl/α,β-unsaturated/α-hetero) is 1. The average molecular weight is 717 g/mol. The van der Waals surface area contributed by atoms with E-state index in [-0.39, 0.29) is 36.3 Å². The van der Waals surface area contributed by atoms with E-state index in [1.165, 1.54) is 0 Å². The van der Waals surface area contributed by atoms with Gasteiger partial charge in [0.25, 0.3) is 0 Å². The van der Waals surface area contributed by atoms with Gasteiger partial charge in [0, 0.05) is 18.4 Å². The minimum absolute atomic E-state index is 0.0716. The van der Waals surface area contributed by atoms with E-state index in [1.54, 1.807) is 0 Å². The van der Waals surface area contributed by atoms with E-state index in [4.69, 9.17) is 32.8 Å². The predicted octanol–water partition coefficient (Wildman–Crippen LogP) is 8.35. The Bertz CT molecular complexity index is 1450. The lowest BCUT2D eigenvalue weighted by Gasteiger charge is -2.39. The monoisotopic (exact) mass is 716 g/mol. The third-order valence-electron chi connectivity index (χ3n) is 11.0. The van der Waals surface area contributed by atoms with Crippen LogP contribution >= 0.6 is 0 Å². The summed E-state index contributed by atoms with van der Waals surface area (Å²) in [5, 5.41) is 0. The van der Waals surface area contributed by atoms with Crippen molar-refractivity contribution >= 4 is 14.1 Å². The molecule has 3 aliphatic heterocycles. The molecule has 3 fully saturated rings. The highest BCUT2D eigenvalue weighted by Crippen LogP contribution is 2.37. The number of ketones is 1. The van der Waals surface area contributed by atoms with Crippen molar-refractivity contribution in [2.75, 3.05) is 13.2 Å². The number of ether oxygens (including phenoxy) is 6. The molecule has 3 saturated heterocycles. The molecule has 0 bridgehead atoms. The second-order valence-electron chi connectivity index (χ2n) is 14.2. The molecule has 3 aliphatic rings. The van der Waals surface area contributed by atoms with Crippen molar-refractivity contribution in [3.05, 3.63) is 108 Å². The minimum Gasteiger partial charge on any atom is -0.411 e. The van der Waals surface area contributed by atoms with Gasteiger partial charge in [-0.2, -0.15) is 0 Å². The third kappa shape index (κ3) is 10.2. The fraction of sp³-hybridized carbons (Fsp3) is 0.548. The summed E-state index contributed by atoms with van der Waals surface area (Å²) in [6, 6.07) is 33.4. The molecule has 0 aromatic heterocycles. The van der Waals surface area contributed by atoms with Crippen LogP contribution in [0.25, 0.3) is 0 Å². The largest absolute Gasteiger partial charge is 0.411 e. The van der Waals surface area contributed by atoms with Gasteiger partial charge in [-0.1, -0.05) is 112 Å². The maximum absolute atomic E-state index is 13.9. The molecular formula is C42H56O8Si. The summed E-state index contributed by atoms with van der Waals surface area (Å²) in [5.74, 6) is 0.0716. The van der Waals surface area contributed by atoms with Crippen LogP contribution in [0.1, 0.15) is 75.9 Å². The first-order chi connectivity index (χ1) is 25.0. The number of hydrogen-bond donors (Lipinski definition) is 0. The van der Waals surface area contributed by atoms with Crippen LogP contribution in [0.2, 0.25) is 18.1 Å². The highest BCUT2D eigenvalue weighted by molar-refractivity contribution is 6.73. The van der Waals surface area contributed by atoms with Gasteiger partial charge in [-0.15, -0.1) is 0 Å². The summed E-state index contributed by atoms with van der Waals surface area (Å²) < 4.78 is 46.4. The Balaban J connectivity index is 1.20. The van der Waals surface area contributed by atoms with E-state index in [2.05, 4.69) is 32.9 Å². The average Bonchev–Trinajstić information content (AvgIpc) is 3.44. The fourth-order valence-electron chi connectivity index (χ4n) is 7.62. The van der Waals surface area contributed by atoms with E-state index in [0.717, 1.165) is 47.7 Å². The summed E-state index contributed by atoms with van der Waals surface area (Å²) >= 11 is 0. The van der Waals surface area contributed by atoms with Crippen LogP contribution in [0.15, 0.2) is 91.0 Å². The normalized spacial score (nSPS) is 28.8. The fourth-order valence-corrected chi connectivity index (χ4v) is 10.5. The van der Waals surface area contributed by atoms with Gasteiger partial charge in [0.15, 0.2) is 20.4 Å². The predicted molar refractivity (Wildman–Crippen MR) is 199 cm³/mol. The Kier molecular flexibility index (Phi) is 14.0. The Labute approximate surface area is 305 Å². The number of carbonyl (C=O) groups excluding carboxylic acids is 1. The maximum Gasteiger partial charge on any atom is 0.192 e. The standard InChI is InChI=1S/C42H56O8Si/c1-4-51(5-2,6-3)50-37-25-24-36-41(30-46-42(49-36)33-20-14-9-15-21-33)48-39(37)26-38-34(43)22-23-35(45-28-32-18-12-8-13-19-32)40(47-38)29-44-27-31-16-10-7-11-17-31/h7-21,35-42H,4-6,22-30H2,1-3H3/t35-,36+,37-,38-,39+,40+,41-,42-/m1/s1. The highest BCUT2D eigenvalue weighted by atomic mass is 28.4. The molecule has 0 spiro atoms. The molecule has 0 saturated carbocycles. The van der Waals surface area contributed by atoms with E-state index < -0.39 is 26.8 Å². The zero-order valence-corrected chi connectivity index (χ0v) is 31.5. The van der Waals surface area contributed by atoms with E-state index >= 15 is 0 Å². The van der Waals surface area contributed by atoms with Gasteiger partial charge in [-0.25, -0.2) is 0 Å². The Morgan fingerprint density at radius 1 is 0.686 bits per heavy atom. The molecule has 0 radical (unpaired) electrons. The van der Waals surface area contributed by atoms with Crippen molar-refractivity contribution in [1.82, 2.24) is 0 Å². The number of rotatable bonds is 15. The molecule has 6 rings (SSSR count). The SMILES string of the molecule is CC[Si](CC)(CC)O[C@@H]1CC[C@@H]2O[C@H](c3ccccc3)OC[C@H]2O[C@H]1C[C@H]1O[C@@H](COCc2ccccc2)[C@H](OCc2ccccc2)CCC1=O. The number of benzene rings is 3. The maximum atomic E-state index is 13.9. The zero-order chi connectivity index (χ0) is 35.5. The summed E-state index contributed by atoms with van der Waals surface area (Å²) in [6.45, 7) is 8.37. The summed E-state index contributed by atoms with van der Waals surface area (Å²) in [7, 11) is -2.01. The molecule has 9 heteroatoms. The van der Waals surface area contributed by atoms with Crippen LogP contribution in [0, 0.1) is 0 Å². The van der Waals surface area contributed by atoms with Gasteiger partial charge in [0.1, 0.15) is 18.3 Å². The van der Waals surface area contributed by atoms with E-state index in [9.17, 15) is 4.79 Å². The van der Waals surface area contributed by atoms with Crippen LogP contribution in [0.3, 0.4) is 0 Å². The van der Waals surface area contributed by atoms with Crippen LogP contribution in [0.5, 0.6) is 0 Å². The second-order valence-corrected chi connectivity index (χ2v) is 18.9. The van der Waals surface area contributed by atoms with Gasteiger partial charge >= 0.3 is 0 Å². The van der Waals surface area contributed by atoms with Crippen molar-refractivity contribution < 1.29 is 37.6 Å². The van der Waals surface area contributed by atoms with Crippen molar-refractivity contribution in [2.24, 2.45) is 0 Å². The number of carbonyl (C=O) groups is 1. The van der Waals surface area contributed by atoms with Crippen molar-refractivity contribution in [3.63, 3.8) is 0 Å². The molecule has 0 aliphatic carbocycles. The Morgan fingerprint density at radius 2 is 1.33 bits per heavy atom. The van der Waals surface area contributed by atoms with Gasteiger partial charge in [0.05, 0.1) is 50.8 Å². The van der Waals surface area contributed by atoms with Crippen LogP contribution in [0.4, 0.5) is 0 Å². The van der Waals surface area contributed by atoms with Crippen molar-refractivity contribution in [3.8, 4) is 0 Å². The first-order valence-corrected chi connectivity index (χ1v) is 21.6. The summed E-state index contributed by atoms with van der Waals surface area (Å²) in [4.78, 5) is 13.9. The molecule has 0 unspecified atom stereocenters. The molecule has 3 heterocycles. The van der Waals surface area contributed by atoms with Gasteiger partial charge in [-0.3, -0.25) is 4.79 Å². The third-order valence-corrected chi connectivity index (χ3v) is 15.6. The first kappa shape index (κ1) is 38.0. The topological polar surface area (TPSA) is 81.7 Å². The molecular weight excluding hydrogens is 661 g/mol. The smallest absolute Gasteiger partial charge is 0.192 e. The van der Waals surface area contributed by atoms with Crippen LogP contribution in [-0.2, 0) is 50.9 Å². The molecule has 3 aromatic rings. The zero-order valence-electron chi connectivity index (χ0n) is 30.5. The minimum atomic E-state index is -2.01. The Hall–Kier alpha value is -2.73. The lowest BCUT2D eigenvalue weighted by Crippen LogP contribution is -2.48. The summed E-state index contributed by atoms with van der Waals surface area (Å²) in [5.41, 5.74) is 3.17.